The van der Waals surface area contributed by atoms with Gasteiger partial charge in [0, 0.05) is 0 Å². The van der Waals surface area contributed by atoms with E-state index in [-0.39, 0.29) is 17.8 Å². The molecule has 0 bridgehead atoms. The zero-order valence-electron chi connectivity index (χ0n) is 9.13. The molecular weight excluding hydrogens is 226 g/mol. The van der Waals surface area contributed by atoms with Gasteiger partial charge < -0.3 is 10.1 Å². The molecule has 0 saturated carbocycles. The van der Waals surface area contributed by atoms with Crippen molar-refractivity contribution in [2.45, 2.75) is 19.4 Å². The molecule has 86 valence electrons. The lowest BCUT2D eigenvalue weighted by Crippen LogP contribution is -2.43. The highest BCUT2D eigenvalue weighted by Crippen LogP contribution is 2.27. The van der Waals surface area contributed by atoms with Crippen molar-refractivity contribution in [1.82, 2.24) is 5.32 Å². The number of carbonyl (C=O) groups excluding carboxylic acids is 1. The smallest absolute Gasteiger partial charge is 0.235 e. The minimum Gasteiger partial charge on any atom is -0.491 e. The Morgan fingerprint density at radius 2 is 2.44 bits per heavy atom. The van der Waals surface area contributed by atoms with Crippen LogP contribution in [0.1, 0.15) is 11.1 Å². The first-order valence-corrected chi connectivity index (χ1v) is 5.81. The summed E-state index contributed by atoms with van der Waals surface area (Å²) in [5, 5.41) is 2.84. The Morgan fingerprint density at radius 3 is 3.19 bits per heavy atom. The molecule has 1 unspecified atom stereocenters. The molecule has 0 saturated heterocycles. The number of hydrogen-bond donors (Lipinski definition) is 1. The Bertz CT molecular complexity index is 406. The summed E-state index contributed by atoms with van der Waals surface area (Å²) in [6.07, 6.45) is 0.810. The Kier molecular flexibility index (Phi) is 3.34. The summed E-state index contributed by atoms with van der Waals surface area (Å²) >= 11 is 5.45. The van der Waals surface area contributed by atoms with Gasteiger partial charge in [-0.25, -0.2) is 0 Å². The van der Waals surface area contributed by atoms with Gasteiger partial charge in [-0.2, -0.15) is 0 Å². The van der Waals surface area contributed by atoms with Crippen LogP contribution in [0, 0.1) is 6.92 Å². The maximum atomic E-state index is 11.2. The largest absolute Gasteiger partial charge is 0.491 e. The van der Waals surface area contributed by atoms with E-state index in [2.05, 4.69) is 5.32 Å². The van der Waals surface area contributed by atoms with Crippen LogP contribution in [0.3, 0.4) is 0 Å². The van der Waals surface area contributed by atoms with E-state index in [1.807, 2.05) is 25.1 Å². The van der Waals surface area contributed by atoms with E-state index in [1.54, 1.807) is 0 Å². The molecule has 1 aliphatic rings. The van der Waals surface area contributed by atoms with Crippen molar-refractivity contribution >= 4 is 17.5 Å². The zero-order chi connectivity index (χ0) is 11.5. The van der Waals surface area contributed by atoms with Crippen LogP contribution in [0.5, 0.6) is 5.75 Å². The summed E-state index contributed by atoms with van der Waals surface area (Å²) in [5.41, 5.74) is 2.37. The summed E-state index contributed by atoms with van der Waals surface area (Å²) in [6, 6.07) is 6.02. The van der Waals surface area contributed by atoms with Gasteiger partial charge in [0.15, 0.2) is 0 Å². The second-order valence-electron chi connectivity index (χ2n) is 3.96. The van der Waals surface area contributed by atoms with Gasteiger partial charge in [-0.05, 0) is 30.5 Å². The third kappa shape index (κ3) is 2.30. The number of alkyl halides is 1. The Labute approximate surface area is 99.7 Å². The first-order valence-electron chi connectivity index (χ1n) is 5.27. The molecule has 1 aliphatic heterocycles. The minimum absolute atomic E-state index is 0.00285. The van der Waals surface area contributed by atoms with Crippen LogP contribution in [0.4, 0.5) is 0 Å². The molecule has 16 heavy (non-hydrogen) atoms. The van der Waals surface area contributed by atoms with Crippen molar-refractivity contribution in [1.29, 1.82) is 0 Å². The van der Waals surface area contributed by atoms with Crippen molar-refractivity contribution in [2.24, 2.45) is 0 Å². The van der Waals surface area contributed by atoms with E-state index in [9.17, 15) is 4.79 Å². The number of ether oxygens (including phenoxy) is 1. The van der Waals surface area contributed by atoms with Crippen molar-refractivity contribution < 1.29 is 9.53 Å². The number of halogens is 1. The van der Waals surface area contributed by atoms with Crippen LogP contribution in [0.2, 0.25) is 0 Å². The number of aryl methyl sites for hydroxylation is 1. The van der Waals surface area contributed by atoms with Crippen LogP contribution in [-0.4, -0.2) is 24.4 Å². The third-order valence-corrected chi connectivity index (χ3v) is 2.99. The average Bonchev–Trinajstić information content (AvgIpc) is 2.30. The molecule has 0 aliphatic carbocycles. The second kappa shape index (κ2) is 4.74. The molecule has 1 atom stereocenters. The summed E-state index contributed by atoms with van der Waals surface area (Å²) in [6.45, 7) is 2.56. The van der Waals surface area contributed by atoms with Gasteiger partial charge in [0.2, 0.25) is 5.91 Å². The van der Waals surface area contributed by atoms with Crippen LogP contribution < -0.4 is 10.1 Å². The molecule has 0 fully saturated rings. The zero-order valence-corrected chi connectivity index (χ0v) is 9.88. The van der Waals surface area contributed by atoms with Crippen molar-refractivity contribution in [3.63, 3.8) is 0 Å². The van der Waals surface area contributed by atoms with E-state index in [1.165, 1.54) is 11.1 Å². The van der Waals surface area contributed by atoms with Crippen molar-refractivity contribution in [2.75, 3.05) is 12.5 Å². The fraction of sp³-hybridized carbons (Fsp3) is 0.417. The van der Waals surface area contributed by atoms with Crippen LogP contribution in [-0.2, 0) is 11.2 Å². The van der Waals surface area contributed by atoms with E-state index >= 15 is 0 Å². The van der Waals surface area contributed by atoms with Crippen LogP contribution in [0.25, 0.3) is 0 Å². The lowest BCUT2D eigenvalue weighted by Gasteiger charge is -2.27. The predicted molar refractivity (Wildman–Crippen MR) is 63.0 cm³/mol. The lowest BCUT2D eigenvalue weighted by atomic mass is 9.98. The molecule has 0 aromatic heterocycles. The Hall–Kier alpha value is -1.22. The van der Waals surface area contributed by atoms with Crippen molar-refractivity contribution in [3.8, 4) is 5.75 Å². The van der Waals surface area contributed by atoms with Gasteiger partial charge in [0.1, 0.15) is 18.2 Å². The number of benzene rings is 1. The highest BCUT2D eigenvalue weighted by Gasteiger charge is 2.21. The summed E-state index contributed by atoms with van der Waals surface area (Å²) in [7, 11) is 0. The number of amides is 1. The predicted octanol–water partition coefficient (Wildman–Crippen LogP) is 1.65. The second-order valence-corrected chi connectivity index (χ2v) is 4.23. The molecule has 4 heteroatoms. The highest BCUT2D eigenvalue weighted by atomic mass is 35.5. The Morgan fingerprint density at radius 1 is 1.62 bits per heavy atom. The molecule has 1 amide bonds. The molecule has 1 N–H and O–H groups in total. The first-order chi connectivity index (χ1) is 7.70. The number of fused-ring (bicyclic) bond motifs is 1. The summed E-state index contributed by atoms with van der Waals surface area (Å²) in [4.78, 5) is 11.2. The van der Waals surface area contributed by atoms with Gasteiger partial charge in [0.05, 0.1) is 6.04 Å². The van der Waals surface area contributed by atoms with Gasteiger partial charge in [-0.3, -0.25) is 4.79 Å². The van der Waals surface area contributed by atoms with Crippen molar-refractivity contribution in [3.05, 3.63) is 29.3 Å². The first kappa shape index (κ1) is 11.3. The fourth-order valence-electron chi connectivity index (χ4n) is 1.93. The lowest BCUT2D eigenvalue weighted by molar-refractivity contribution is -0.119. The van der Waals surface area contributed by atoms with E-state index in [0.717, 1.165) is 12.2 Å². The molecule has 0 radical (unpaired) electrons. The van der Waals surface area contributed by atoms with Crippen LogP contribution in [0.15, 0.2) is 18.2 Å². The minimum atomic E-state index is -0.146. The highest BCUT2D eigenvalue weighted by molar-refractivity contribution is 6.27. The molecule has 1 aromatic rings. The molecule has 3 nitrogen and oxygen atoms in total. The number of nitrogens with one attached hydrogen (secondary N) is 1. The summed E-state index contributed by atoms with van der Waals surface area (Å²) in [5.74, 6) is 0.778. The normalized spacial score (nSPS) is 18.5. The van der Waals surface area contributed by atoms with E-state index in [0.29, 0.717) is 6.61 Å². The monoisotopic (exact) mass is 239 g/mol. The van der Waals surface area contributed by atoms with E-state index in [4.69, 9.17) is 16.3 Å². The third-order valence-electron chi connectivity index (χ3n) is 2.74. The van der Waals surface area contributed by atoms with Gasteiger partial charge in [0.25, 0.3) is 0 Å². The average molecular weight is 240 g/mol. The molecule has 0 spiro atoms. The summed E-state index contributed by atoms with van der Waals surface area (Å²) < 4.78 is 5.60. The maximum Gasteiger partial charge on any atom is 0.235 e. The Balaban J connectivity index is 2.11. The standard InChI is InChI=1S/C12H14ClNO2/c1-8-3-2-4-11-10(8)5-9(7-16-11)14-12(15)6-13/h2-4,9H,5-7H2,1H3,(H,14,15). The maximum absolute atomic E-state index is 11.2. The topological polar surface area (TPSA) is 38.3 Å². The van der Waals surface area contributed by atoms with Gasteiger partial charge in [-0.1, -0.05) is 12.1 Å². The number of hydrogen-bond acceptors (Lipinski definition) is 2. The molecule has 2 rings (SSSR count). The van der Waals surface area contributed by atoms with Gasteiger partial charge in [-0.15, -0.1) is 11.6 Å². The van der Waals surface area contributed by atoms with Crippen LogP contribution >= 0.6 is 11.6 Å². The quantitative estimate of drug-likeness (QED) is 0.797. The molecule has 1 heterocycles. The number of rotatable bonds is 2. The number of carbonyl (C=O) groups is 1. The SMILES string of the molecule is Cc1cccc2c1CC(NC(=O)CCl)CO2. The fourth-order valence-corrected chi connectivity index (χ4v) is 2.00. The van der Waals surface area contributed by atoms with Gasteiger partial charge >= 0.3 is 0 Å². The molecule has 1 aromatic carbocycles. The molecular formula is C12H14ClNO2. The van der Waals surface area contributed by atoms with E-state index < -0.39 is 0 Å².